The predicted molar refractivity (Wildman–Crippen MR) is 137 cm³/mol. The van der Waals surface area contributed by atoms with Crippen molar-refractivity contribution in [2.45, 2.75) is 32.1 Å². The molecule has 2 aromatic carbocycles. The molecule has 3 N–H and O–H groups in total. The van der Waals surface area contributed by atoms with Gasteiger partial charge in [-0.2, -0.15) is 0 Å². The van der Waals surface area contributed by atoms with Crippen LogP contribution in [0.5, 0.6) is 0 Å². The fourth-order valence-corrected chi connectivity index (χ4v) is 6.08. The molecule has 0 fully saturated rings. The SMILES string of the molecule is COC(=O)C1=C(N)N(c2cccc(Br)c2)C2=C(C(=O)CC(C)(C)C2)C12C(=O)Nc1ccc(Cl)cc12. The van der Waals surface area contributed by atoms with Gasteiger partial charge in [-0.1, -0.05) is 47.4 Å². The maximum Gasteiger partial charge on any atom is 0.339 e. The number of fused-ring (bicyclic) bond motifs is 3. The number of carbonyl (C=O) groups is 3. The van der Waals surface area contributed by atoms with Gasteiger partial charge in [0.2, 0.25) is 5.91 Å². The largest absolute Gasteiger partial charge is 0.466 e. The monoisotopic (exact) mass is 555 g/mol. The number of esters is 1. The van der Waals surface area contributed by atoms with Gasteiger partial charge in [0.1, 0.15) is 16.8 Å². The number of amides is 1. The second-order valence-corrected chi connectivity index (χ2v) is 11.1. The van der Waals surface area contributed by atoms with Crippen molar-refractivity contribution in [2.75, 3.05) is 17.3 Å². The highest BCUT2D eigenvalue weighted by Crippen LogP contribution is 2.57. The first-order valence-corrected chi connectivity index (χ1v) is 12.2. The van der Waals surface area contributed by atoms with E-state index in [0.717, 1.165) is 4.47 Å². The van der Waals surface area contributed by atoms with Crippen LogP contribution < -0.4 is 16.0 Å². The van der Waals surface area contributed by atoms with Gasteiger partial charge in [0.05, 0.1) is 7.11 Å². The van der Waals surface area contributed by atoms with Gasteiger partial charge in [0.15, 0.2) is 5.78 Å². The van der Waals surface area contributed by atoms with E-state index in [1.165, 1.54) is 7.11 Å². The van der Waals surface area contributed by atoms with Crippen molar-refractivity contribution in [2.24, 2.45) is 11.1 Å². The van der Waals surface area contributed by atoms with Gasteiger partial charge in [0.25, 0.3) is 0 Å². The molecule has 1 atom stereocenters. The molecule has 1 unspecified atom stereocenters. The highest BCUT2D eigenvalue weighted by Gasteiger charge is 2.63. The summed E-state index contributed by atoms with van der Waals surface area (Å²) in [6, 6.07) is 12.3. The van der Waals surface area contributed by atoms with Crippen LogP contribution in [-0.4, -0.2) is 24.8 Å². The minimum Gasteiger partial charge on any atom is -0.466 e. The molecule has 7 nitrogen and oxygen atoms in total. The number of hydrogen-bond donors (Lipinski definition) is 2. The van der Waals surface area contributed by atoms with Crippen molar-refractivity contribution in [1.29, 1.82) is 0 Å². The third kappa shape index (κ3) is 3.34. The number of benzene rings is 2. The average molecular weight is 557 g/mol. The first-order valence-electron chi connectivity index (χ1n) is 11.0. The molecule has 0 aromatic heterocycles. The zero-order valence-electron chi connectivity index (χ0n) is 19.4. The van der Waals surface area contributed by atoms with Crippen LogP contribution in [0.3, 0.4) is 0 Å². The molecule has 2 aromatic rings. The summed E-state index contributed by atoms with van der Waals surface area (Å²) in [5.74, 6) is -1.53. The van der Waals surface area contributed by atoms with E-state index >= 15 is 0 Å². The van der Waals surface area contributed by atoms with Crippen LogP contribution in [0.25, 0.3) is 0 Å². The number of nitrogens with one attached hydrogen (secondary N) is 1. The Morgan fingerprint density at radius 2 is 1.91 bits per heavy atom. The summed E-state index contributed by atoms with van der Waals surface area (Å²) >= 11 is 9.84. The number of rotatable bonds is 2. The molecular weight excluding hydrogens is 534 g/mol. The number of halogens is 2. The summed E-state index contributed by atoms with van der Waals surface area (Å²) in [6.45, 7) is 3.99. The molecule has 35 heavy (non-hydrogen) atoms. The first kappa shape index (κ1) is 23.6. The van der Waals surface area contributed by atoms with Gasteiger partial charge in [-0.05, 0) is 48.2 Å². The van der Waals surface area contributed by atoms with Crippen LogP contribution in [0.4, 0.5) is 11.4 Å². The van der Waals surface area contributed by atoms with E-state index in [1.807, 2.05) is 38.1 Å². The smallest absolute Gasteiger partial charge is 0.339 e. The minimum absolute atomic E-state index is 0.0298. The van der Waals surface area contributed by atoms with Gasteiger partial charge >= 0.3 is 5.97 Å². The minimum atomic E-state index is -1.77. The second-order valence-electron chi connectivity index (χ2n) is 9.72. The number of allylic oxidation sites excluding steroid dienone is 1. The average Bonchev–Trinajstić information content (AvgIpc) is 3.04. The van der Waals surface area contributed by atoms with Gasteiger partial charge in [-0.3, -0.25) is 14.5 Å². The van der Waals surface area contributed by atoms with E-state index in [4.69, 9.17) is 22.1 Å². The maximum atomic E-state index is 13.9. The van der Waals surface area contributed by atoms with Crippen molar-refractivity contribution in [3.63, 3.8) is 0 Å². The predicted octanol–water partition coefficient (Wildman–Crippen LogP) is 4.80. The van der Waals surface area contributed by atoms with Gasteiger partial charge in [0, 0.05) is 44.1 Å². The van der Waals surface area contributed by atoms with Crippen LogP contribution in [0.1, 0.15) is 32.3 Å². The summed E-state index contributed by atoms with van der Waals surface area (Å²) in [6.07, 6.45) is 0.665. The van der Waals surface area contributed by atoms with Gasteiger partial charge in [-0.25, -0.2) is 4.79 Å². The van der Waals surface area contributed by atoms with Crippen LogP contribution in [0.15, 0.2) is 69.6 Å². The maximum absolute atomic E-state index is 13.9. The number of nitrogens with two attached hydrogens (primary N) is 1. The summed E-state index contributed by atoms with van der Waals surface area (Å²) in [4.78, 5) is 42.9. The molecule has 0 radical (unpaired) electrons. The highest BCUT2D eigenvalue weighted by molar-refractivity contribution is 9.10. The molecule has 1 amide bonds. The van der Waals surface area contributed by atoms with Crippen molar-refractivity contribution in [3.05, 3.63) is 80.2 Å². The van der Waals surface area contributed by atoms with Crippen molar-refractivity contribution >= 4 is 56.6 Å². The quantitative estimate of drug-likeness (QED) is 0.516. The molecule has 180 valence electrons. The molecule has 1 spiro atoms. The molecule has 9 heteroatoms. The Hall–Kier alpha value is -3.10. The second kappa shape index (κ2) is 7.96. The first-order chi connectivity index (χ1) is 16.5. The van der Waals surface area contributed by atoms with Gasteiger partial charge in [-0.15, -0.1) is 0 Å². The Kier molecular flexibility index (Phi) is 5.38. The lowest BCUT2D eigenvalue weighted by atomic mass is 9.60. The van der Waals surface area contributed by atoms with Crippen molar-refractivity contribution in [3.8, 4) is 0 Å². The fourth-order valence-electron chi connectivity index (χ4n) is 5.52. The summed E-state index contributed by atoms with van der Waals surface area (Å²) < 4.78 is 5.94. The number of Topliss-reactive ketones (excluding diaryl/α,β-unsaturated/α-hetero) is 1. The van der Waals surface area contributed by atoms with E-state index in [9.17, 15) is 14.4 Å². The molecule has 5 rings (SSSR count). The Balaban J connectivity index is 1.94. The molecule has 1 aliphatic carbocycles. The molecule has 0 saturated carbocycles. The lowest BCUT2D eigenvalue weighted by Crippen LogP contribution is -2.54. The van der Waals surface area contributed by atoms with Crippen molar-refractivity contribution in [1.82, 2.24) is 0 Å². The number of ether oxygens (including phenoxy) is 1. The number of carbonyl (C=O) groups excluding carboxylic acids is 3. The van der Waals surface area contributed by atoms with E-state index < -0.39 is 22.7 Å². The molecule has 0 saturated heterocycles. The van der Waals surface area contributed by atoms with E-state index in [1.54, 1.807) is 23.1 Å². The number of nitrogens with zero attached hydrogens (tertiary/aromatic N) is 1. The lowest BCUT2D eigenvalue weighted by molar-refractivity contribution is -0.138. The van der Waals surface area contributed by atoms with Crippen LogP contribution >= 0.6 is 27.5 Å². The third-order valence-electron chi connectivity index (χ3n) is 6.80. The Labute approximate surface area is 216 Å². The fraction of sp³-hybridized carbons (Fsp3) is 0.269. The summed E-state index contributed by atoms with van der Waals surface area (Å²) in [5, 5.41) is 3.21. The van der Waals surface area contributed by atoms with Crippen LogP contribution in [0.2, 0.25) is 5.02 Å². The topological polar surface area (TPSA) is 102 Å². The molecule has 2 heterocycles. The van der Waals surface area contributed by atoms with E-state index in [-0.39, 0.29) is 29.2 Å². The normalized spacial score (nSPS) is 22.8. The Morgan fingerprint density at radius 1 is 1.17 bits per heavy atom. The number of hydrogen-bond acceptors (Lipinski definition) is 6. The van der Waals surface area contributed by atoms with E-state index in [2.05, 4.69) is 21.2 Å². The number of ketones is 1. The van der Waals surface area contributed by atoms with Crippen LogP contribution in [-0.2, 0) is 24.5 Å². The van der Waals surface area contributed by atoms with Gasteiger partial charge < -0.3 is 15.8 Å². The zero-order valence-corrected chi connectivity index (χ0v) is 21.7. The number of anilines is 2. The van der Waals surface area contributed by atoms with E-state index in [0.29, 0.717) is 34.1 Å². The molecule has 2 aliphatic heterocycles. The lowest BCUT2D eigenvalue weighted by Gasteiger charge is -2.47. The zero-order chi connectivity index (χ0) is 25.3. The highest BCUT2D eigenvalue weighted by atomic mass is 79.9. The third-order valence-corrected chi connectivity index (χ3v) is 7.53. The summed E-state index contributed by atoms with van der Waals surface area (Å²) in [7, 11) is 1.22. The molecular formula is C26H23BrClN3O4. The summed E-state index contributed by atoms with van der Waals surface area (Å²) in [5.41, 5.74) is 6.83. The number of methoxy groups -OCH3 is 1. The Morgan fingerprint density at radius 3 is 2.60 bits per heavy atom. The van der Waals surface area contributed by atoms with Crippen LogP contribution in [0, 0.1) is 5.41 Å². The Bertz CT molecular complexity index is 1400. The molecule has 0 bridgehead atoms. The van der Waals surface area contributed by atoms with Crippen molar-refractivity contribution < 1.29 is 19.1 Å². The molecule has 3 aliphatic rings. The standard InChI is InChI=1S/C26H23BrClN3O4/c1-25(2)11-18-20(19(32)12-25)26(16-10-14(28)7-8-17(16)30-24(26)34)21(23(33)35-3)22(29)31(18)15-6-4-5-13(27)9-15/h4-10H,11-12,29H2,1-3H3,(H,30,34).